The summed E-state index contributed by atoms with van der Waals surface area (Å²) in [6, 6.07) is 0. The van der Waals surface area contributed by atoms with Gasteiger partial charge in [0.25, 0.3) is 0 Å². The van der Waals surface area contributed by atoms with Crippen LogP contribution < -0.4 is 0 Å². The lowest BCUT2D eigenvalue weighted by atomic mass is 9.98. The molecule has 0 aromatic carbocycles. The lowest BCUT2D eigenvalue weighted by molar-refractivity contribution is 0.282. The molecule has 0 saturated heterocycles. The highest BCUT2D eigenvalue weighted by Gasteiger charge is 1.99. The summed E-state index contributed by atoms with van der Waals surface area (Å²) in [7, 11) is -5.17. The molecule has 0 bridgehead atoms. The number of hydrogen-bond acceptors (Lipinski definition) is 5. The smallest absolute Gasteiger partial charge is 0.0431 e. The molecule has 0 amide bonds. The predicted molar refractivity (Wildman–Crippen MR) is 92.4 cm³/mol. The van der Waals surface area contributed by atoms with Crippen LogP contribution in [0.15, 0.2) is 0 Å². The largest absolute Gasteiger partial charge is 0.759 e. The predicted octanol–water partition coefficient (Wildman–Crippen LogP) is 4.37. The van der Waals surface area contributed by atoms with Crippen LogP contribution in [0.4, 0.5) is 0 Å². The van der Waals surface area contributed by atoms with Gasteiger partial charge in [-0.05, 0) is 12.3 Å². The molecular formula is C17H36O5S-2. The van der Waals surface area contributed by atoms with Crippen molar-refractivity contribution in [2.75, 3.05) is 6.61 Å². The average Bonchev–Trinajstić information content (AvgIpc) is 2.43. The minimum absolute atomic E-state index is 0.371. The van der Waals surface area contributed by atoms with E-state index in [0.717, 1.165) is 12.3 Å². The topological polar surface area (TPSA) is 100 Å². The summed E-state index contributed by atoms with van der Waals surface area (Å²) >= 11 is 0. The van der Waals surface area contributed by atoms with Crippen LogP contribution in [0.1, 0.15) is 97.3 Å². The monoisotopic (exact) mass is 352 g/mol. The summed E-state index contributed by atoms with van der Waals surface area (Å²) in [4.78, 5) is 0. The maximum absolute atomic E-state index is 8.66. The lowest BCUT2D eigenvalue weighted by Crippen LogP contribution is -1.93. The van der Waals surface area contributed by atoms with Gasteiger partial charge in [0.05, 0.1) is 0 Å². The first-order chi connectivity index (χ1) is 10.8. The van der Waals surface area contributed by atoms with Gasteiger partial charge in [-0.1, -0.05) is 90.9 Å². The van der Waals surface area contributed by atoms with E-state index in [0.29, 0.717) is 6.61 Å². The van der Waals surface area contributed by atoms with E-state index in [2.05, 4.69) is 13.8 Å². The van der Waals surface area contributed by atoms with Gasteiger partial charge >= 0.3 is 0 Å². The van der Waals surface area contributed by atoms with E-state index in [1.54, 1.807) is 0 Å². The molecule has 23 heavy (non-hydrogen) atoms. The number of unbranched alkanes of at least 4 members (excludes halogenated alkanes) is 9. The Hall–Kier alpha value is -0.170. The zero-order chi connectivity index (χ0) is 18.0. The second-order valence-corrected chi connectivity index (χ2v) is 7.17. The summed E-state index contributed by atoms with van der Waals surface area (Å²) in [5.41, 5.74) is 0. The molecule has 1 N–H and O–H groups in total. The Labute approximate surface area is 143 Å². The molecule has 0 aliphatic rings. The van der Waals surface area contributed by atoms with Crippen LogP contribution in [-0.2, 0) is 10.4 Å². The fraction of sp³-hybridized carbons (Fsp3) is 1.00. The van der Waals surface area contributed by atoms with Crippen LogP contribution in [0.5, 0.6) is 0 Å². The zero-order valence-electron chi connectivity index (χ0n) is 15.0. The molecule has 6 heteroatoms. The molecule has 1 unspecified atom stereocenters. The molecule has 5 nitrogen and oxygen atoms in total. The Morgan fingerprint density at radius 2 is 1.13 bits per heavy atom. The van der Waals surface area contributed by atoms with Gasteiger partial charge in [-0.25, -0.2) is 0 Å². The Bertz CT molecular complexity index is 309. The number of aliphatic hydroxyl groups excluding tert-OH is 1. The third-order valence-electron chi connectivity index (χ3n) is 3.89. The molecular weight excluding hydrogens is 316 g/mol. The normalized spacial score (nSPS) is 12.6. The summed E-state index contributed by atoms with van der Waals surface area (Å²) < 4.78 is 34.1. The van der Waals surface area contributed by atoms with Gasteiger partial charge in [0, 0.05) is 17.0 Å². The summed E-state index contributed by atoms with van der Waals surface area (Å²) in [6.07, 6.45) is 17.7. The van der Waals surface area contributed by atoms with Crippen LogP contribution in [-0.4, -0.2) is 29.2 Å². The molecule has 0 radical (unpaired) electrons. The molecule has 0 aromatic rings. The average molecular weight is 353 g/mol. The quantitative estimate of drug-likeness (QED) is 0.284. The first-order valence-corrected chi connectivity index (χ1v) is 10.4. The van der Waals surface area contributed by atoms with E-state index in [4.69, 9.17) is 22.6 Å². The number of rotatable bonds is 14. The van der Waals surface area contributed by atoms with Gasteiger partial charge in [-0.15, -0.1) is 0 Å². The Kier molecular flexibility index (Phi) is 19.8. The van der Waals surface area contributed by atoms with Crippen molar-refractivity contribution in [2.24, 2.45) is 5.92 Å². The minimum atomic E-state index is -5.17. The third kappa shape index (κ3) is 34.3. The van der Waals surface area contributed by atoms with Crippen LogP contribution in [0, 0.1) is 5.92 Å². The van der Waals surface area contributed by atoms with Crippen LogP contribution >= 0.6 is 0 Å². The lowest BCUT2D eigenvalue weighted by Gasteiger charge is -2.09. The molecule has 0 aliphatic heterocycles. The van der Waals surface area contributed by atoms with Gasteiger partial charge < -0.3 is 14.2 Å². The van der Waals surface area contributed by atoms with E-state index in [-0.39, 0.29) is 0 Å². The van der Waals surface area contributed by atoms with Crippen molar-refractivity contribution < 1.29 is 22.6 Å². The zero-order valence-corrected chi connectivity index (χ0v) is 15.8. The van der Waals surface area contributed by atoms with Crippen LogP contribution in [0.3, 0.4) is 0 Å². The maximum atomic E-state index is 8.66. The van der Waals surface area contributed by atoms with E-state index in [9.17, 15) is 0 Å². The first kappa shape index (κ1) is 25.1. The standard InChI is InChI=1S/C17H36O.H2O4S/c1-3-14-17(2)15-12-10-8-6-4-5-7-9-11-13-16-18;1-5(2,3)4/h17-18H,3-16H2,1-2H3;(H2,1,2,3,4)/p-2. The van der Waals surface area contributed by atoms with Crippen molar-refractivity contribution in [3.8, 4) is 0 Å². The van der Waals surface area contributed by atoms with Crippen molar-refractivity contribution in [1.29, 1.82) is 0 Å². The van der Waals surface area contributed by atoms with Crippen molar-refractivity contribution >= 4 is 10.4 Å². The molecule has 0 heterocycles. The molecule has 0 fully saturated rings. The summed E-state index contributed by atoms with van der Waals surface area (Å²) in [6.45, 7) is 5.06. The molecule has 0 aliphatic carbocycles. The first-order valence-electron chi connectivity index (χ1n) is 9.08. The van der Waals surface area contributed by atoms with Crippen molar-refractivity contribution in [3.63, 3.8) is 0 Å². The molecule has 0 rings (SSSR count). The Morgan fingerprint density at radius 3 is 1.48 bits per heavy atom. The van der Waals surface area contributed by atoms with Gasteiger partial charge in [0.15, 0.2) is 0 Å². The third-order valence-corrected chi connectivity index (χ3v) is 3.89. The van der Waals surface area contributed by atoms with Crippen molar-refractivity contribution in [3.05, 3.63) is 0 Å². The van der Waals surface area contributed by atoms with Gasteiger partial charge in [-0.3, -0.25) is 8.42 Å². The highest BCUT2D eigenvalue weighted by atomic mass is 32.3. The van der Waals surface area contributed by atoms with E-state index < -0.39 is 10.4 Å². The fourth-order valence-electron chi connectivity index (χ4n) is 2.66. The summed E-state index contributed by atoms with van der Waals surface area (Å²) in [5, 5.41) is 8.66. The second-order valence-electron chi connectivity index (χ2n) is 6.35. The van der Waals surface area contributed by atoms with E-state index in [1.807, 2.05) is 0 Å². The highest BCUT2D eigenvalue weighted by molar-refractivity contribution is 7.79. The maximum Gasteiger partial charge on any atom is 0.0431 e. The second kappa shape index (κ2) is 18.2. The SMILES string of the molecule is CCCC(C)CCCCCCCCCCCCO.O=S(=O)([O-])[O-]. The summed E-state index contributed by atoms with van der Waals surface area (Å²) in [5.74, 6) is 0.946. The van der Waals surface area contributed by atoms with Gasteiger partial charge in [-0.2, -0.15) is 0 Å². The Balaban J connectivity index is 0. The highest BCUT2D eigenvalue weighted by Crippen LogP contribution is 2.16. The van der Waals surface area contributed by atoms with Crippen molar-refractivity contribution in [1.82, 2.24) is 0 Å². The van der Waals surface area contributed by atoms with Crippen molar-refractivity contribution in [2.45, 2.75) is 97.3 Å². The number of aliphatic hydroxyl groups is 1. The molecule has 142 valence electrons. The van der Waals surface area contributed by atoms with Crippen LogP contribution in [0.25, 0.3) is 0 Å². The minimum Gasteiger partial charge on any atom is -0.759 e. The molecule has 1 atom stereocenters. The van der Waals surface area contributed by atoms with Gasteiger partial charge in [0.2, 0.25) is 0 Å². The molecule has 0 aromatic heterocycles. The molecule has 0 saturated carbocycles. The Morgan fingerprint density at radius 1 is 0.783 bits per heavy atom. The van der Waals surface area contributed by atoms with E-state index in [1.165, 1.54) is 77.0 Å². The van der Waals surface area contributed by atoms with Gasteiger partial charge in [0.1, 0.15) is 0 Å². The fourth-order valence-corrected chi connectivity index (χ4v) is 2.66. The van der Waals surface area contributed by atoms with E-state index >= 15 is 0 Å². The van der Waals surface area contributed by atoms with Crippen LogP contribution in [0.2, 0.25) is 0 Å². The molecule has 0 spiro atoms. The number of hydrogen-bond donors (Lipinski definition) is 1.